The van der Waals surface area contributed by atoms with Crippen LogP contribution in [0.5, 0.6) is 0 Å². The van der Waals surface area contributed by atoms with Crippen LogP contribution in [-0.2, 0) is 9.47 Å². The van der Waals surface area contributed by atoms with Gasteiger partial charge in [-0.15, -0.1) is 0 Å². The summed E-state index contributed by atoms with van der Waals surface area (Å²) >= 11 is 0. The number of hydrogen-bond acceptors (Lipinski definition) is 4. The zero-order valence-corrected chi connectivity index (χ0v) is 8.36. The molecule has 1 rings (SSSR count). The van der Waals surface area contributed by atoms with E-state index in [0.717, 1.165) is 0 Å². The minimum Gasteiger partial charge on any atom is -0.394 e. The summed E-state index contributed by atoms with van der Waals surface area (Å²) in [4.78, 5) is 0. The molecule has 1 saturated heterocycles. The summed E-state index contributed by atoms with van der Waals surface area (Å²) in [5.41, 5.74) is -0.692. The molecule has 13 heavy (non-hydrogen) atoms. The predicted molar refractivity (Wildman–Crippen MR) is 50.3 cm³/mol. The summed E-state index contributed by atoms with van der Waals surface area (Å²) in [6.07, 6.45) is -1.28. The predicted octanol–water partition coefficient (Wildman–Crippen LogP) is -1.51. The Labute approximate surface area is 79.3 Å². The summed E-state index contributed by atoms with van der Waals surface area (Å²) in [6, 6.07) is -0.195. The van der Waals surface area contributed by atoms with Crippen molar-refractivity contribution in [3.8, 4) is 0 Å². The van der Waals surface area contributed by atoms with Crippen molar-refractivity contribution in [2.45, 2.75) is 37.7 Å². The SMILES string of the molecule is BC1OC(CO)[C@@H](O)[C@@]1(C)OCC. The molecule has 2 N–H and O–H groups in total. The molecule has 0 aromatic rings. The van der Waals surface area contributed by atoms with Crippen LogP contribution in [0.1, 0.15) is 13.8 Å². The number of ether oxygens (including phenoxy) is 2. The van der Waals surface area contributed by atoms with Gasteiger partial charge in [0.2, 0.25) is 0 Å². The Morgan fingerprint density at radius 3 is 2.62 bits per heavy atom. The van der Waals surface area contributed by atoms with Crippen molar-refractivity contribution in [3.05, 3.63) is 0 Å². The third-order valence-corrected chi connectivity index (χ3v) is 2.76. The fourth-order valence-electron chi connectivity index (χ4n) is 1.74. The molecule has 0 amide bonds. The molecule has 4 atom stereocenters. The van der Waals surface area contributed by atoms with Gasteiger partial charge >= 0.3 is 0 Å². The van der Waals surface area contributed by atoms with E-state index in [1.807, 2.05) is 21.7 Å². The first-order chi connectivity index (χ1) is 6.06. The quantitative estimate of drug-likeness (QED) is 0.529. The fraction of sp³-hybridized carbons (Fsp3) is 1.00. The number of aliphatic hydroxyl groups excluding tert-OH is 2. The van der Waals surface area contributed by atoms with E-state index < -0.39 is 17.8 Å². The summed E-state index contributed by atoms with van der Waals surface area (Å²) in [5.74, 6) is 0. The Morgan fingerprint density at radius 2 is 2.23 bits per heavy atom. The minimum atomic E-state index is -0.757. The van der Waals surface area contributed by atoms with E-state index in [2.05, 4.69) is 0 Å². The van der Waals surface area contributed by atoms with Gasteiger partial charge in [-0.2, -0.15) is 0 Å². The van der Waals surface area contributed by atoms with Crippen LogP contribution in [0.4, 0.5) is 0 Å². The largest absolute Gasteiger partial charge is 0.394 e. The minimum absolute atomic E-state index is 0.172. The van der Waals surface area contributed by atoms with E-state index >= 15 is 0 Å². The van der Waals surface area contributed by atoms with Gasteiger partial charge in [0, 0.05) is 6.61 Å². The third kappa shape index (κ3) is 1.74. The van der Waals surface area contributed by atoms with E-state index in [4.69, 9.17) is 14.6 Å². The van der Waals surface area contributed by atoms with E-state index in [0.29, 0.717) is 6.61 Å². The van der Waals surface area contributed by atoms with Gasteiger partial charge in [0.25, 0.3) is 0 Å². The number of aliphatic hydroxyl groups is 2. The molecule has 1 heterocycles. The second-order valence-corrected chi connectivity index (χ2v) is 3.56. The highest BCUT2D eigenvalue weighted by molar-refractivity contribution is 6.12. The Hall–Kier alpha value is -0.0951. The first kappa shape index (κ1) is 11.0. The standard InChI is InChI=1S/C8H17BO4/c1-3-12-8(2)6(11)5(4-10)13-7(8)9/h5-7,10-11H,3-4,9H2,1-2H3/t5?,6-,7?,8-/m1/s1. The van der Waals surface area contributed by atoms with Crippen LogP contribution in [0.3, 0.4) is 0 Å². The van der Waals surface area contributed by atoms with Crippen LogP contribution < -0.4 is 0 Å². The lowest BCUT2D eigenvalue weighted by Gasteiger charge is -2.30. The van der Waals surface area contributed by atoms with Gasteiger partial charge in [-0.25, -0.2) is 0 Å². The lowest BCUT2D eigenvalue weighted by molar-refractivity contribution is -0.0953. The monoisotopic (exact) mass is 188 g/mol. The smallest absolute Gasteiger partial charge is 0.143 e. The fourth-order valence-corrected chi connectivity index (χ4v) is 1.74. The second kappa shape index (κ2) is 3.96. The molecular weight excluding hydrogens is 171 g/mol. The second-order valence-electron chi connectivity index (χ2n) is 3.56. The van der Waals surface area contributed by atoms with Crippen molar-refractivity contribution >= 4 is 7.85 Å². The Bertz CT molecular complexity index is 178. The van der Waals surface area contributed by atoms with Crippen LogP contribution in [0.25, 0.3) is 0 Å². The van der Waals surface area contributed by atoms with Crippen molar-refractivity contribution < 1.29 is 19.7 Å². The Kier molecular flexibility index (Phi) is 3.35. The van der Waals surface area contributed by atoms with Crippen LogP contribution in [0, 0.1) is 0 Å². The molecule has 0 aromatic carbocycles. The average Bonchev–Trinajstić information content (AvgIpc) is 2.31. The first-order valence-corrected chi connectivity index (χ1v) is 4.64. The lowest BCUT2D eigenvalue weighted by atomic mass is 9.81. The summed E-state index contributed by atoms with van der Waals surface area (Å²) in [5, 5.41) is 18.7. The summed E-state index contributed by atoms with van der Waals surface area (Å²) in [7, 11) is 1.84. The van der Waals surface area contributed by atoms with E-state index in [1.54, 1.807) is 0 Å². The summed E-state index contributed by atoms with van der Waals surface area (Å²) < 4.78 is 10.8. The van der Waals surface area contributed by atoms with Crippen molar-refractivity contribution in [2.24, 2.45) is 0 Å². The molecule has 0 bridgehead atoms. The molecule has 0 spiro atoms. The topological polar surface area (TPSA) is 58.9 Å². The van der Waals surface area contributed by atoms with E-state index in [9.17, 15) is 5.11 Å². The first-order valence-electron chi connectivity index (χ1n) is 4.64. The van der Waals surface area contributed by atoms with Gasteiger partial charge in [-0.1, -0.05) is 0 Å². The molecule has 1 fully saturated rings. The summed E-state index contributed by atoms with van der Waals surface area (Å²) in [6.45, 7) is 4.03. The third-order valence-electron chi connectivity index (χ3n) is 2.76. The highest BCUT2D eigenvalue weighted by Crippen LogP contribution is 2.32. The van der Waals surface area contributed by atoms with Gasteiger partial charge in [-0.05, 0) is 13.8 Å². The molecule has 0 saturated carbocycles. The van der Waals surface area contributed by atoms with Gasteiger partial charge in [-0.3, -0.25) is 0 Å². The van der Waals surface area contributed by atoms with Crippen molar-refractivity contribution in [3.63, 3.8) is 0 Å². The molecule has 4 nitrogen and oxygen atoms in total. The molecule has 0 aliphatic carbocycles. The molecule has 5 heteroatoms. The Balaban J connectivity index is 2.73. The maximum absolute atomic E-state index is 9.80. The lowest BCUT2D eigenvalue weighted by Crippen LogP contribution is -2.48. The highest BCUT2D eigenvalue weighted by atomic mass is 16.6. The molecule has 1 aliphatic rings. The highest BCUT2D eigenvalue weighted by Gasteiger charge is 2.51. The Morgan fingerprint density at radius 1 is 1.62 bits per heavy atom. The van der Waals surface area contributed by atoms with Crippen molar-refractivity contribution in [1.82, 2.24) is 0 Å². The molecule has 1 aliphatic heterocycles. The number of rotatable bonds is 3. The number of hydrogen-bond donors (Lipinski definition) is 2. The van der Waals surface area contributed by atoms with Gasteiger partial charge in [0.15, 0.2) is 0 Å². The van der Waals surface area contributed by atoms with Crippen molar-refractivity contribution in [2.75, 3.05) is 13.2 Å². The van der Waals surface area contributed by atoms with Gasteiger partial charge in [0.05, 0.1) is 12.6 Å². The average molecular weight is 188 g/mol. The zero-order valence-electron chi connectivity index (χ0n) is 8.36. The van der Waals surface area contributed by atoms with Gasteiger partial charge in [0.1, 0.15) is 25.7 Å². The van der Waals surface area contributed by atoms with Crippen LogP contribution in [-0.4, -0.2) is 55.1 Å². The maximum Gasteiger partial charge on any atom is 0.143 e. The van der Waals surface area contributed by atoms with Crippen molar-refractivity contribution in [1.29, 1.82) is 0 Å². The van der Waals surface area contributed by atoms with Crippen LogP contribution in [0.15, 0.2) is 0 Å². The maximum atomic E-state index is 9.80. The van der Waals surface area contributed by atoms with Gasteiger partial charge < -0.3 is 19.7 Å². The molecule has 76 valence electrons. The molecule has 0 aromatic heterocycles. The van der Waals surface area contributed by atoms with E-state index in [-0.39, 0.29) is 12.6 Å². The molecular formula is C8H17BO4. The van der Waals surface area contributed by atoms with Crippen LogP contribution >= 0.6 is 0 Å². The van der Waals surface area contributed by atoms with Crippen LogP contribution in [0.2, 0.25) is 0 Å². The van der Waals surface area contributed by atoms with E-state index in [1.165, 1.54) is 0 Å². The molecule has 2 unspecified atom stereocenters. The normalized spacial score (nSPS) is 45.4. The zero-order chi connectivity index (χ0) is 10.1. The molecule has 0 radical (unpaired) electrons.